The van der Waals surface area contributed by atoms with Crippen LogP contribution in [0, 0.1) is 11.8 Å². The molecule has 0 aromatic heterocycles. The van der Waals surface area contributed by atoms with E-state index in [9.17, 15) is 14.7 Å². The first-order valence-electron chi connectivity index (χ1n) is 14.4. The van der Waals surface area contributed by atoms with Crippen molar-refractivity contribution in [1.29, 1.82) is 0 Å². The van der Waals surface area contributed by atoms with E-state index in [1.54, 1.807) is 0 Å². The number of carbonyl (C=O) groups is 2. The molecule has 5 nitrogen and oxygen atoms in total. The number of rotatable bonds is 8. The average molecular weight is 523 g/mol. The van der Waals surface area contributed by atoms with Crippen LogP contribution >= 0.6 is 0 Å². The topological polar surface area (TPSA) is 69.6 Å². The maximum absolute atomic E-state index is 13.2. The number of hydrogen-bond acceptors (Lipinski definition) is 4. The summed E-state index contributed by atoms with van der Waals surface area (Å²) in [7, 11) is 0. The molecule has 3 aliphatic rings. The van der Waals surface area contributed by atoms with Gasteiger partial charge in [-0.05, 0) is 78.8 Å². The molecule has 2 bridgehead atoms. The van der Waals surface area contributed by atoms with Gasteiger partial charge in [0.1, 0.15) is 12.0 Å². The van der Waals surface area contributed by atoms with E-state index in [2.05, 4.69) is 54.4 Å². The quantitative estimate of drug-likeness (QED) is 0.368. The highest BCUT2D eigenvalue weighted by molar-refractivity contribution is 5.97. The Morgan fingerprint density at radius 1 is 1.05 bits per heavy atom. The van der Waals surface area contributed by atoms with Crippen molar-refractivity contribution in [2.75, 3.05) is 19.6 Å². The largest absolute Gasteiger partial charge is 0.507 e. The minimum atomic E-state index is -0.216. The highest BCUT2D eigenvalue weighted by atomic mass is 16.3. The van der Waals surface area contributed by atoms with Gasteiger partial charge in [-0.3, -0.25) is 14.5 Å². The SMILES string of the molecule is CC1C2Cc3ccc(C(=O)NCCc4ccc(-c5ccc(C=O)cc5)cc4)c(O)c3C1(C)CCN2CC1CC1. The molecule has 39 heavy (non-hydrogen) atoms. The maximum atomic E-state index is 13.2. The number of aromatic hydroxyl groups is 1. The van der Waals surface area contributed by atoms with E-state index in [4.69, 9.17) is 0 Å². The van der Waals surface area contributed by atoms with Crippen molar-refractivity contribution in [1.82, 2.24) is 10.2 Å². The second kappa shape index (κ2) is 10.3. The van der Waals surface area contributed by atoms with Crippen LogP contribution in [-0.2, 0) is 18.3 Å². The van der Waals surface area contributed by atoms with Gasteiger partial charge in [-0.1, -0.05) is 68.4 Å². The van der Waals surface area contributed by atoms with Gasteiger partial charge in [0.2, 0.25) is 0 Å². The summed E-state index contributed by atoms with van der Waals surface area (Å²) in [6, 6.07) is 20.2. The molecule has 5 heteroatoms. The first-order chi connectivity index (χ1) is 18.9. The minimum absolute atomic E-state index is 0.117. The molecule has 3 atom stereocenters. The summed E-state index contributed by atoms with van der Waals surface area (Å²) in [6.07, 6.45) is 6.25. The predicted molar refractivity (Wildman–Crippen MR) is 154 cm³/mol. The van der Waals surface area contributed by atoms with E-state index in [1.165, 1.54) is 24.9 Å². The maximum Gasteiger partial charge on any atom is 0.255 e. The summed E-state index contributed by atoms with van der Waals surface area (Å²) in [5, 5.41) is 14.4. The molecule has 1 aliphatic heterocycles. The lowest BCUT2D eigenvalue weighted by atomic mass is 9.58. The zero-order valence-electron chi connectivity index (χ0n) is 23.0. The molecule has 202 valence electrons. The third kappa shape index (κ3) is 4.89. The molecule has 3 unspecified atom stereocenters. The second-order valence-corrected chi connectivity index (χ2v) is 12.1. The van der Waals surface area contributed by atoms with Crippen molar-refractivity contribution in [2.45, 2.75) is 57.4 Å². The molecule has 1 saturated heterocycles. The number of aldehydes is 1. The number of carbonyl (C=O) groups excluding carboxylic acids is 2. The van der Waals surface area contributed by atoms with Gasteiger partial charge in [0.15, 0.2) is 0 Å². The van der Waals surface area contributed by atoms with Gasteiger partial charge in [-0.2, -0.15) is 0 Å². The second-order valence-electron chi connectivity index (χ2n) is 12.1. The van der Waals surface area contributed by atoms with Crippen molar-refractivity contribution in [2.24, 2.45) is 11.8 Å². The molecule has 3 aromatic rings. The number of phenols is 1. The van der Waals surface area contributed by atoms with Crippen molar-refractivity contribution < 1.29 is 14.7 Å². The Morgan fingerprint density at radius 3 is 2.41 bits per heavy atom. The Labute approximate surface area is 231 Å². The molecule has 2 fully saturated rings. The number of hydrogen-bond donors (Lipinski definition) is 2. The molecule has 1 saturated carbocycles. The Kier molecular flexibility index (Phi) is 6.80. The zero-order valence-corrected chi connectivity index (χ0v) is 23.0. The van der Waals surface area contributed by atoms with Crippen LogP contribution in [0.5, 0.6) is 5.75 Å². The molecule has 1 amide bonds. The Morgan fingerprint density at radius 2 is 1.74 bits per heavy atom. The van der Waals surface area contributed by atoms with E-state index in [-0.39, 0.29) is 17.1 Å². The van der Waals surface area contributed by atoms with Crippen molar-refractivity contribution in [3.8, 4) is 16.9 Å². The lowest BCUT2D eigenvalue weighted by Gasteiger charge is -2.55. The van der Waals surface area contributed by atoms with Crippen LogP contribution in [0.4, 0.5) is 0 Å². The van der Waals surface area contributed by atoms with Crippen molar-refractivity contribution >= 4 is 12.2 Å². The van der Waals surface area contributed by atoms with Gasteiger partial charge in [0, 0.05) is 35.7 Å². The molecule has 6 rings (SSSR count). The van der Waals surface area contributed by atoms with E-state index < -0.39 is 0 Å². The van der Waals surface area contributed by atoms with Crippen LogP contribution in [0.2, 0.25) is 0 Å². The van der Waals surface area contributed by atoms with Crippen LogP contribution in [0.15, 0.2) is 60.7 Å². The Bertz CT molecular complexity index is 1380. The summed E-state index contributed by atoms with van der Waals surface area (Å²) in [5.41, 5.74) is 6.41. The minimum Gasteiger partial charge on any atom is -0.507 e. The van der Waals surface area contributed by atoms with Crippen molar-refractivity contribution in [3.05, 3.63) is 88.5 Å². The standard InChI is InChI=1S/C34H38N2O3/c1-22-30-19-28-13-14-29(32(38)31(28)34(22,2)16-18-36(30)20-24-3-4-24)33(39)35-17-15-23-5-9-26(10-6-23)27-11-7-25(21-37)8-12-27/h5-14,21-22,24,30,38H,3-4,15-20H2,1-2H3,(H,35,39). The smallest absolute Gasteiger partial charge is 0.255 e. The number of likely N-dealkylation sites (tertiary alicyclic amines) is 1. The molecular weight excluding hydrogens is 484 g/mol. The van der Waals surface area contributed by atoms with Gasteiger partial charge >= 0.3 is 0 Å². The number of amides is 1. The number of phenolic OH excluding ortho intramolecular Hbond substituents is 1. The van der Waals surface area contributed by atoms with Crippen LogP contribution in [-0.4, -0.2) is 47.9 Å². The molecule has 2 aliphatic carbocycles. The zero-order chi connectivity index (χ0) is 27.1. The van der Waals surface area contributed by atoms with Gasteiger partial charge in [0.05, 0.1) is 5.56 Å². The third-order valence-corrected chi connectivity index (χ3v) is 9.70. The van der Waals surface area contributed by atoms with Gasteiger partial charge in [-0.15, -0.1) is 0 Å². The summed E-state index contributed by atoms with van der Waals surface area (Å²) >= 11 is 0. The van der Waals surface area contributed by atoms with E-state index >= 15 is 0 Å². The van der Waals surface area contributed by atoms with Crippen LogP contribution in [0.25, 0.3) is 11.1 Å². The summed E-state index contributed by atoms with van der Waals surface area (Å²) < 4.78 is 0. The van der Waals surface area contributed by atoms with Gasteiger partial charge in [0.25, 0.3) is 5.91 Å². The fourth-order valence-corrected chi connectivity index (χ4v) is 6.91. The molecule has 1 heterocycles. The number of benzene rings is 3. The number of nitrogens with one attached hydrogen (secondary N) is 1. The molecule has 0 radical (unpaired) electrons. The number of nitrogens with zero attached hydrogens (tertiary/aromatic N) is 1. The summed E-state index contributed by atoms with van der Waals surface area (Å²) in [5.74, 6) is 1.28. The predicted octanol–water partition coefficient (Wildman–Crippen LogP) is 5.78. The van der Waals surface area contributed by atoms with Gasteiger partial charge < -0.3 is 10.4 Å². The first-order valence-corrected chi connectivity index (χ1v) is 14.4. The Balaban J connectivity index is 1.11. The summed E-state index contributed by atoms with van der Waals surface area (Å²) in [6.45, 7) is 7.40. The van der Waals surface area contributed by atoms with E-state index in [0.717, 1.165) is 53.8 Å². The van der Waals surface area contributed by atoms with Gasteiger partial charge in [-0.25, -0.2) is 0 Å². The summed E-state index contributed by atoms with van der Waals surface area (Å²) in [4.78, 5) is 26.7. The number of piperidine rings is 1. The fraction of sp³-hybridized carbons (Fsp3) is 0.412. The molecule has 0 spiro atoms. The van der Waals surface area contributed by atoms with Crippen LogP contribution in [0.3, 0.4) is 0 Å². The fourth-order valence-electron chi connectivity index (χ4n) is 6.91. The highest BCUT2D eigenvalue weighted by Crippen LogP contribution is 2.52. The first kappa shape index (κ1) is 25.8. The molecule has 3 aromatic carbocycles. The monoisotopic (exact) mass is 522 g/mol. The normalized spacial score (nSPS) is 24.2. The molecule has 2 N–H and O–H groups in total. The van der Waals surface area contributed by atoms with Crippen LogP contribution in [0.1, 0.15) is 70.5 Å². The highest BCUT2D eigenvalue weighted by Gasteiger charge is 2.50. The molecular formula is C34H38N2O3. The van der Waals surface area contributed by atoms with Crippen LogP contribution < -0.4 is 5.32 Å². The lowest BCUT2D eigenvalue weighted by Crippen LogP contribution is -2.58. The Hall–Kier alpha value is -3.44. The average Bonchev–Trinajstić information content (AvgIpc) is 3.77. The lowest BCUT2D eigenvalue weighted by molar-refractivity contribution is 0.0271. The number of fused-ring (bicyclic) bond motifs is 4. The third-order valence-electron chi connectivity index (χ3n) is 9.70. The van der Waals surface area contributed by atoms with Crippen molar-refractivity contribution in [3.63, 3.8) is 0 Å². The van der Waals surface area contributed by atoms with E-state index in [0.29, 0.717) is 36.1 Å². The van der Waals surface area contributed by atoms with E-state index in [1.807, 2.05) is 30.3 Å².